The molecule has 2 aromatic carbocycles. The summed E-state index contributed by atoms with van der Waals surface area (Å²) in [5.41, 5.74) is 2.77. The van der Waals surface area contributed by atoms with Crippen molar-refractivity contribution in [2.75, 3.05) is 6.61 Å². The zero-order chi connectivity index (χ0) is 22.7. The Labute approximate surface area is 187 Å². The maximum atomic E-state index is 10.4. The first-order valence-electron chi connectivity index (χ1n) is 11.3. The second-order valence-corrected chi connectivity index (χ2v) is 8.88. The molecule has 2 aromatic rings. The minimum absolute atomic E-state index is 0.0554. The molecule has 32 heavy (non-hydrogen) atoms. The van der Waals surface area contributed by atoms with Gasteiger partial charge in [0.1, 0.15) is 42.4 Å². The molecule has 1 saturated carbocycles. The highest BCUT2D eigenvalue weighted by Gasteiger charge is 2.43. The first kappa shape index (κ1) is 23.2. The average Bonchev–Trinajstić information content (AvgIpc) is 2.79. The van der Waals surface area contributed by atoms with Gasteiger partial charge < -0.3 is 35.0 Å². The topological polar surface area (TPSA) is 120 Å². The summed E-state index contributed by atoms with van der Waals surface area (Å²) in [5, 5.41) is 49.7. The zero-order valence-electron chi connectivity index (χ0n) is 18.0. The molecule has 4 rings (SSSR count). The molecule has 0 amide bonds. The van der Waals surface area contributed by atoms with E-state index in [9.17, 15) is 25.5 Å². The monoisotopic (exact) mass is 444 g/mol. The smallest absolute Gasteiger partial charge is 0.119 e. The Bertz CT molecular complexity index is 869. The van der Waals surface area contributed by atoms with Gasteiger partial charge in [0.25, 0.3) is 0 Å². The average molecular weight is 445 g/mol. The van der Waals surface area contributed by atoms with Crippen molar-refractivity contribution in [2.45, 2.75) is 74.8 Å². The number of aliphatic hydroxyl groups excluding tert-OH is 5. The molecule has 2 fully saturated rings. The van der Waals surface area contributed by atoms with Crippen LogP contribution in [0, 0.1) is 0 Å². The third-order valence-electron chi connectivity index (χ3n) is 6.40. The van der Waals surface area contributed by atoms with Crippen LogP contribution in [0.15, 0.2) is 48.5 Å². The molecule has 7 atom stereocenters. The molecule has 1 saturated heterocycles. The van der Waals surface area contributed by atoms with Gasteiger partial charge >= 0.3 is 0 Å². The van der Waals surface area contributed by atoms with Crippen molar-refractivity contribution in [3.05, 3.63) is 65.2 Å². The lowest BCUT2D eigenvalue weighted by Crippen LogP contribution is -2.55. The largest absolute Gasteiger partial charge is 0.490 e. The normalized spacial score (nSPS) is 33.1. The van der Waals surface area contributed by atoms with Gasteiger partial charge in [-0.05, 0) is 54.5 Å². The summed E-state index contributed by atoms with van der Waals surface area (Å²) < 4.78 is 11.7. The Morgan fingerprint density at radius 1 is 0.875 bits per heavy atom. The predicted octanol–water partition coefficient (Wildman–Crippen LogP) is 1.47. The fourth-order valence-electron chi connectivity index (χ4n) is 4.60. The SMILES string of the molecule is OC[C@H]1O[C@@H](c2cccc(Cc3ccc(O[C@@H]4CCC[C@@H](O)C4)cc3)c2)[C@H](O)[C@@H](O)[C@@H]1O. The van der Waals surface area contributed by atoms with Gasteiger partial charge in [-0.1, -0.05) is 36.4 Å². The van der Waals surface area contributed by atoms with Crippen LogP contribution >= 0.6 is 0 Å². The van der Waals surface area contributed by atoms with E-state index in [1.165, 1.54) is 0 Å². The summed E-state index contributed by atoms with van der Waals surface area (Å²) in [4.78, 5) is 0. The summed E-state index contributed by atoms with van der Waals surface area (Å²) in [5.74, 6) is 0.794. The van der Waals surface area contributed by atoms with E-state index in [1.807, 2.05) is 42.5 Å². The molecule has 7 nitrogen and oxygen atoms in total. The lowest BCUT2D eigenvalue weighted by atomic mass is 9.90. The number of rotatable bonds is 6. The summed E-state index contributed by atoms with van der Waals surface area (Å²) in [6.45, 7) is -0.449. The van der Waals surface area contributed by atoms with Crippen molar-refractivity contribution < 1.29 is 35.0 Å². The van der Waals surface area contributed by atoms with Crippen LogP contribution in [0.5, 0.6) is 5.75 Å². The lowest BCUT2D eigenvalue weighted by molar-refractivity contribution is -0.231. The molecule has 7 heteroatoms. The van der Waals surface area contributed by atoms with E-state index in [-0.39, 0.29) is 12.2 Å². The quantitative estimate of drug-likeness (QED) is 0.458. The highest BCUT2D eigenvalue weighted by atomic mass is 16.5. The fraction of sp³-hybridized carbons (Fsp3) is 0.520. The van der Waals surface area contributed by atoms with Crippen molar-refractivity contribution >= 4 is 0 Å². The highest BCUT2D eigenvalue weighted by molar-refractivity contribution is 5.34. The van der Waals surface area contributed by atoms with Gasteiger partial charge in [-0.25, -0.2) is 0 Å². The molecule has 0 spiro atoms. The zero-order valence-corrected chi connectivity index (χ0v) is 18.0. The van der Waals surface area contributed by atoms with E-state index >= 15 is 0 Å². The minimum Gasteiger partial charge on any atom is -0.490 e. The summed E-state index contributed by atoms with van der Waals surface area (Å²) in [6, 6.07) is 15.4. The number of benzene rings is 2. The van der Waals surface area contributed by atoms with Crippen LogP contribution in [0.4, 0.5) is 0 Å². The molecule has 1 aliphatic carbocycles. The van der Waals surface area contributed by atoms with Gasteiger partial charge in [0.2, 0.25) is 0 Å². The first-order valence-corrected chi connectivity index (χ1v) is 11.3. The number of hydrogen-bond donors (Lipinski definition) is 5. The number of aliphatic hydroxyl groups is 5. The third-order valence-corrected chi connectivity index (χ3v) is 6.40. The van der Waals surface area contributed by atoms with Crippen LogP contribution in [0.3, 0.4) is 0 Å². The van der Waals surface area contributed by atoms with Gasteiger partial charge in [-0.2, -0.15) is 0 Å². The van der Waals surface area contributed by atoms with Crippen molar-refractivity contribution in [2.24, 2.45) is 0 Å². The molecule has 0 unspecified atom stereocenters. The van der Waals surface area contributed by atoms with Crippen molar-refractivity contribution in [3.63, 3.8) is 0 Å². The molecule has 0 aromatic heterocycles. The molecular weight excluding hydrogens is 412 g/mol. The maximum absolute atomic E-state index is 10.4. The molecule has 1 aliphatic heterocycles. The van der Waals surface area contributed by atoms with Gasteiger partial charge in [-0.15, -0.1) is 0 Å². The van der Waals surface area contributed by atoms with Crippen molar-refractivity contribution in [3.8, 4) is 5.75 Å². The molecule has 174 valence electrons. The van der Waals surface area contributed by atoms with Crippen LogP contribution in [-0.4, -0.2) is 68.8 Å². The van der Waals surface area contributed by atoms with E-state index in [0.717, 1.165) is 36.1 Å². The van der Waals surface area contributed by atoms with Crippen LogP contribution in [0.1, 0.15) is 48.5 Å². The number of ether oxygens (including phenoxy) is 2. The van der Waals surface area contributed by atoms with Gasteiger partial charge in [0.05, 0.1) is 12.7 Å². The molecule has 5 N–H and O–H groups in total. The summed E-state index contributed by atoms with van der Waals surface area (Å²) in [6.07, 6.45) is -1.92. The van der Waals surface area contributed by atoms with Gasteiger partial charge in [0.15, 0.2) is 0 Å². The maximum Gasteiger partial charge on any atom is 0.119 e. The van der Waals surface area contributed by atoms with Crippen LogP contribution < -0.4 is 4.74 Å². The molecule has 0 radical (unpaired) electrons. The summed E-state index contributed by atoms with van der Waals surface area (Å²) >= 11 is 0. The summed E-state index contributed by atoms with van der Waals surface area (Å²) in [7, 11) is 0. The van der Waals surface area contributed by atoms with E-state index in [1.54, 1.807) is 6.07 Å². The third kappa shape index (κ3) is 5.31. The van der Waals surface area contributed by atoms with E-state index < -0.39 is 37.1 Å². The van der Waals surface area contributed by atoms with E-state index in [4.69, 9.17) is 9.47 Å². The van der Waals surface area contributed by atoms with Crippen molar-refractivity contribution in [1.82, 2.24) is 0 Å². The minimum atomic E-state index is -1.40. The Hall–Kier alpha value is -2.00. The lowest BCUT2D eigenvalue weighted by Gasteiger charge is -2.40. The standard InChI is InChI=1S/C25H32O7/c26-14-21-22(28)23(29)24(30)25(32-21)17-4-1-3-16(12-17)11-15-7-9-19(10-8-15)31-20-6-2-5-18(27)13-20/h1,3-4,7-10,12,18,20-30H,2,5-6,11,13-14H2/t18-,20-,21-,22-,23+,24-,25+/m1/s1. The predicted molar refractivity (Wildman–Crippen MR) is 117 cm³/mol. The molecule has 2 aliphatic rings. The molecule has 1 heterocycles. The Morgan fingerprint density at radius 3 is 2.38 bits per heavy atom. The molecule has 0 bridgehead atoms. The van der Waals surface area contributed by atoms with Crippen LogP contribution in [0.25, 0.3) is 0 Å². The second kappa shape index (κ2) is 10.3. The first-order chi connectivity index (χ1) is 15.4. The van der Waals surface area contributed by atoms with Crippen LogP contribution in [-0.2, 0) is 11.2 Å². The second-order valence-electron chi connectivity index (χ2n) is 8.88. The van der Waals surface area contributed by atoms with E-state index in [0.29, 0.717) is 18.4 Å². The van der Waals surface area contributed by atoms with E-state index in [2.05, 4.69) is 0 Å². The highest BCUT2D eigenvalue weighted by Crippen LogP contribution is 2.33. The van der Waals surface area contributed by atoms with Crippen molar-refractivity contribution in [1.29, 1.82) is 0 Å². The number of hydrogen-bond acceptors (Lipinski definition) is 7. The fourth-order valence-corrected chi connectivity index (χ4v) is 4.60. The van der Waals surface area contributed by atoms with Gasteiger partial charge in [0, 0.05) is 6.42 Å². The Balaban J connectivity index is 1.41. The molecular formula is C25H32O7. The van der Waals surface area contributed by atoms with Crippen LogP contribution in [0.2, 0.25) is 0 Å². The van der Waals surface area contributed by atoms with Gasteiger partial charge in [-0.3, -0.25) is 0 Å². The Kier molecular flexibility index (Phi) is 7.45. The Morgan fingerprint density at radius 2 is 1.66 bits per heavy atom.